The van der Waals surface area contributed by atoms with E-state index in [1.165, 1.54) is 37.2 Å². The van der Waals surface area contributed by atoms with Crippen LogP contribution in [0.3, 0.4) is 0 Å². The van der Waals surface area contributed by atoms with E-state index >= 15 is 0 Å². The number of rotatable bonds is 8. The predicted molar refractivity (Wildman–Crippen MR) is 106 cm³/mol. The second-order valence-electron chi connectivity index (χ2n) is 7.56. The summed E-state index contributed by atoms with van der Waals surface area (Å²) in [6, 6.07) is 8.38. The summed E-state index contributed by atoms with van der Waals surface area (Å²) >= 11 is 0. The molecule has 5 heteroatoms. The molecule has 1 fully saturated rings. The van der Waals surface area contributed by atoms with Crippen LogP contribution in [0.2, 0.25) is 0 Å². The zero-order valence-electron chi connectivity index (χ0n) is 16.4. The lowest BCUT2D eigenvalue weighted by atomic mass is 9.97. The monoisotopic (exact) mass is 356 g/mol. The van der Waals surface area contributed by atoms with Gasteiger partial charge in [0.1, 0.15) is 11.6 Å². The minimum Gasteiger partial charge on any atom is -0.496 e. The minimum atomic E-state index is 0.746. The van der Waals surface area contributed by atoms with Crippen molar-refractivity contribution in [2.45, 2.75) is 32.7 Å². The molecule has 0 radical (unpaired) electrons. The average molecular weight is 357 g/mol. The first-order valence-corrected chi connectivity index (χ1v) is 9.67. The van der Waals surface area contributed by atoms with Gasteiger partial charge in [-0.1, -0.05) is 18.2 Å². The van der Waals surface area contributed by atoms with Crippen molar-refractivity contribution in [3.05, 3.63) is 47.5 Å². The Balaban J connectivity index is 1.46. The van der Waals surface area contributed by atoms with Gasteiger partial charge in [-0.2, -0.15) is 0 Å². The minimum absolute atomic E-state index is 0.746. The smallest absolute Gasteiger partial charge is 0.122 e. The molecule has 0 saturated carbocycles. The van der Waals surface area contributed by atoms with E-state index in [0.29, 0.717) is 0 Å². The lowest BCUT2D eigenvalue weighted by Gasteiger charge is -2.34. The largest absolute Gasteiger partial charge is 0.496 e. The van der Waals surface area contributed by atoms with Crippen LogP contribution < -0.4 is 4.74 Å². The molecular weight excluding hydrogens is 324 g/mol. The van der Waals surface area contributed by atoms with Crippen molar-refractivity contribution in [3.63, 3.8) is 0 Å². The Morgan fingerprint density at radius 3 is 2.96 bits per heavy atom. The Morgan fingerprint density at radius 2 is 2.19 bits per heavy atom. The van der Waals surface area contributed by atoms with Crippen molar-refractivity contribution in [2.75, 3.05) is 40.3 Å². The molecule has 2 heterocycles. The molecular formula is C21H32N4O. The fraction of sp³-hybridized carbons (Fsp3) is 0.571. The van der Waals surface area contributed by atoms with Gasteiger partial charge in [0.05, 0.1) is 7.11 Å². The second kappa shape index (κ2) is 9.19. The van der Waals surface area contributed by atoms with Crippen LogP contribution in [0.1, 0.15) is 29.9 Å². The summed E-state index contributed by atoms with van der Waals surface area (Å²) < 4.78 is 5.48. The second-order valence-corrected chi connectivity index (χ2v) is 7.56. The molecule has 1 aromatic carbocycles. The highest BCUT2D eigenvalue weighted by Gasteiger charge is 2.21. The first-order valence-electron chi connectivity index (χ1n) is 9.67. The summed E-state index contributed by atoms with van der Waals surface area (Å²) in [6.45, 7) is 7.61. The van der Waals surface area contributed by atoms with Gasteiger partial charge in [-0.25, -0.2) is 4.98 Å². The molecule has 0 unspecified atom stereocenters. The number of benzene rings is 1. The van der Waals surface area contributed by atoms with E-state index in [1.807, 2.05) is 19.2 Å². The maximum absolute atomic E-state index is 5.48. The Bertz CT molecular complexity index is 684. The standard InChI is InChI=1S/C21H32N4O/c1-17-22-13-20(23-17)16-24(2)14-18-7-6-11-25(15-18)12-10-19-8-4-5-9-21(19)26-3/h4-5,8-9,13,18H,6-7,10-12,14-16H2,1-3H3,(H,22,23)/t18-/m0/s1. The first-order chi connectivity index (χ1) is 12.6. The van der Waals surface area contributed by atoms with Gasteiger partial charge in [-0.3, -0.25) is 0 Å². The molecule has 1 atom stereocenters. The first kappa shape index (κ1) is 18.9. The van der Waals surface area contributed by atoms with Crippen LogP contribution in [0.5, 0.6) is 5.75 Å². The Morgan fingerprint density at radius 1 is 1.35 bits per heavy atom. The maximum atomic E-state index is 5.48. The topological polar surface area (TPSA) is 44.4 Å². The number of ether oxygens (including phenoxy) is 1. The van der Waals surface area contributed by atoms with Crippen LogP contribution in [0.25, 0.3) is 0 Å². The highest BCUT2D eigenvalue weighted by atomic mass is 16.5. The third kappa shape index (κ3) is 5.32. The highest BCUT2D eigenvalue weighted by molar-refractivity contribution is 5.33. The molecule has 3 rings (SSSR count). The number of likely N-dealkylation sites (tertiary alicyclic amines) is 1. The van der Waals surface area contributed by atoms with E-state index < -0.39 is 0 Å². The normalized spacial score (nSPS) is 18.4. The van der Waals surface area contributed by atoms with Gasteiger partial charge in [0, 0.05) is 38.1 Å². The van der Waals surface area contributed by atoms with Gasteiger partial charge in [0.2, 0.25) is 0 Å². The number of nitrogens with zero attached hydrogens (tertiary/aromatic N) is 3. The van der Waals surface area contributed by atoms with Gasteiger partial charge in [-0.15, -0.1) is 0 Å². The molecule has 142 valence electrons. The molecule has 1 aliphatic heterocycles. The number of imidazole rings is 1. The number of nitrogens with one attached hydrogen (secondary N) is 1. The van der Waals surface area contributed by atoms with Gasteiger partial charge in [0.15, 0.2) is 0 Å². The molecule has 0 spiro atoms. The summed E-state index contributed by atoms with van der Waals surface area (Å²) in [5, 5.41) is 0. The van der Waals surface area contributed by atoms with Crippen LogP contribution in [0, 0.1) is 12.8 Å². The van der Waals surface area contributed by atoms with Gasteiger partial charge >= 0.3 is 0 Å². The van der Waals surface area contributed by atoms with Crippen molar-refractivity contribution < 1.29 is 4.74 Å². The SMILES string of the molecule is COc1ccccc1CCN1CCC[C@@H](CN(C)Cc2cnc(C)[nH]2)C1. The Kier molecular flexibility index (Phi) is 6.69. The van der Waals surface area contributed by atoms with E-state index in [2.05, 4.69) is 45.0 Å². The summed E-state index contributed by atoms with van der Waals surface area (Å²) in [5.41, 5.74) is 2.51. The molecule has 26 heavy (non-hydrogen) atoms. The van der Waals surface area contributed by atoms with Gasteiger partial charge in [-0.05, 0) is 57.3 Å². The molecule has 1 N–H and O–H groups in total. The fourth-order valence-electron chi connectivity index (χ4n) is 4.04. The van der Waals surface area contributed by atoms with Crippen LogP contribution in [-0.2, 0) is 13.0 Å². The molecule has 0 aliphatic carbocycles. The van der Waals surface area contributed by atoms with Crippen molar-refractivity contribution in [1.29, 1.82) is 0 Å². The zero-order valence-corrected chi connectivity index (χ0v) is 16.4. The van der Waals surface area contributed by atoms with Crippen LogP contribution >= 0.6 is 0 Å². The predicted octanol–water partition coefficient (Wildman–Crippen LogP) is 3.11. The maximum Gasteiger partial charge on any atom is 0.122 e. The van der Waals surface area contributed by atoms with Crippen LogP contribution in [0.15, 0.2) is 30.5 Å². The summed E-state index contributed by atoms with van der Waals surface area (Å²) in [5.74, 6) is 2.75. The fourth-order valence-corrected chi connectivity index (χ4v) is 4.04. The Hall–Kier alpha value is -1.85. The van der Waals surface area contributed by atoms with Crippen molar-refractivity contribution in [1.82, 2.24) is 19.8 Å². The number of piperidine rings is 1. The van der Waals surface area contributed by atoms with E-state index in [9.17, 15) is 0 Å². The molecule has 1 saturated heterocycles. The number of aromatic nitrogens is 2. The lowest BCUT2D eigenvalue weighted by Crippen LogP contribution is -2.40. The summed E-state index contributed by atoms with van der Waals surface area (Å²) in [7, 11) is 3.97. The van der Waals surface area contributed by atoms with Crippen LogP contribution in [-0.4, -0.2) is 60.1 Å². The number of aryl methyl sites for hydroxylation is 1. The Labute approximate surface area is 157 Å². The quantitative estimate of drug-likeness (QED) is 0.789. The number of H-pyrrole nitrogens is 1. The number of hydrogen-bond donors (Lipinski definition) is 1. The van der Waals surface area contributed by atoms with Crippen molar-refractivity contribution in [3.8, 4) is 5.75 Å². The van der Waals surface area contributed by atoms with E-state index in [1.54, 1.807) is 7.11 Å². The number of para-hydroxylation sites is 1. The van der Waals surface area contributed by atoms with Gasteiger partial charge < -0.3 is 19.5 Å². The van der Waals surface area contributed by atoms with Gasteiger partial charge in [0.25, 0.3) is 0 Å². The molecule has 1 aromatic heterocycles. The van der Waals surface area contributed by atoms with E-state index in [4.69, 9.17) is 4.74 Å². The summed E-state index contributed by atoms with van der Waals surface area (Å²) in [6.07, 6.45) is 5.64. The zero-order chi connectivity index (χ0) is 18.4. The number of hydrogen-bond acceptors (Lipinski definition) is 4. The average Bonchev–Trinajstić information content (AvgIpc) is 3.05. The number of aromatic amines is 1. The van der Waals surface area contributed by atoms with E-state index in [-0.39, 0.29) is 0 Å². The third-order valence-electron chi connectivity index (χ3n) is 5.26. The molecule has 0 bridgehead atoms. The van der Waals surface area contributed by atoms with Crippen molar-refractivity contribution >= 4 is 0 Å². The lowest BCUT2D eigenvalue weighted by molar-refractivity contribution is 0.141. The van der Waals surface area contributed by atoms with E-state index in [0.717, 1.165) is 43.5 Å². The highest BCUT2D eigenvalue weighted by Crippen LogP contribution is 2.21. The summed E-state index contributed by atoms with van der Waals surface area (Å²) in [4.78, 5) is 12.7. The molecule has 5 nitrogen and oxygen atoms in total. The van der Waals surface area contributed by atoms with Crippen molar-refractivity contribution in [2.24, 2.45) is 5.92 Å². The molecule has 0 amide bonds. The number of methoxy groups -OCH3 is 1. The molecule has 1 aliphatic rings. The molecule has 2 aromatic rings. The third-order valence-corrected chi connectivity index (χ3v) is 5.26. The van der Waals surface area contributed by atoms with Crippen LogP contribution in [0.4, 0.5) is 0 Å².